The van der Waals surface area contributed by atoms with E-state index in [0.29, 0.717) is 47.0 Å². The minimum absolute atomic E-state index is 0.0258. The lowest BCUT2D eigenvalue weighted by atomic mass is 10.1. The second-order valence-electron chi connectivity index (χ2n) is 10.5. The highest BCUT2D eigenvalue weighted by atomic mass is 19.1. The van der Waals surface area contributed by atoms with Gasteiger partial charge in [-0.1, -0.05) is 12.6 Å². The molecule has 6 aromatic rings. The van der Waals surface area contributed by atoms with Crippen molar-refractivity contribution in [3.63, 3.8) is 0 Å². The van der Waals surface area contributed by atoms with Crippen LogP contribution in [0.3, 0.4) is 0 Å². The molecule has 0 unspecified atom stereocenters. The van der Waals surface area contributed by atoms with Gasteiger partial charge in [-0.15, -0.1) is 0 Å². The van der Waals surface area contributed by atoms with Crippen LogP contribution in [0, 0.1) is 5.82 Å². The average Bonchev–Trinajstić information content (AvgIpc) is 3.81. The zero-order chi connectivity index (χ0) is 31.1. The van der Waals surface area contributed by atoms with Gasteiger partial charge in [0, 0.05) is 24.3 Å². The van der Waals surface area contributed by atoms with Crippen LogP contribution in [0.1, 0.15) is 33.9 Å². The fraction of sp³-hybridized carbons (Fsp3) is 0.0909. The first-order valence-electron chi connectivity index (χ1n) is 14.2. The van der Waals surface area contributed by atoms with Gasteiger partial charge in [0.05, 0.1) is 22.9 Å². The van der Waals surface area contributed by atoms with Crippen molar-refractivity contribution < 1.29 is 14.0 Å². The molecule has 222 valence electrons. The quantitative estimate of drug-likeness (QED) is 0.221. The fourth-order valence-electron chi connectivity index (χ4n) is 5.64. The van der Waals surface area contributed by atoms with Gasteiger partial charge in [-0.2, -0.15) is 5.10 Å². The summed E-state index contributed by atoms with van der Waals surface area (Å²) >= 11 is 0. The Morgan fingerprint density at radius 3 is 2.73 bits per heavy atom. The van der Waals surface area contributed by atoms with Crippen molar-refractivity contribution in [1.29, 1.82) is 0 Å². The third-order valence-electron chi connectivity index (χ3n) is 7.75. The summed E-state index contributed by atoms with van der Waals surface area (Å²) < 4.78 is 17.7. The largest absolute Gasteiger partial charge is 0.383 e. The third kappa shape index (κ3) is 5.07. The lowest BCUT2D eigenvalue weighted by molar-refractivity contribution is -0.111. The van der Waals surface area contributed by atoms with Gasteiger partial charge in [-0.05, 0) is 90.7 Å². The Morgan fingerprint density at radius 1 is 1.04 bits per heavy atom. The number of hydrogen-bond acceptors (Lipinski definition) is 7. The summed E-state index contributed by atoms with van der Waals surface area (Å²) in [6.45, 7) is 3.43. The number of rotatable bonds is 7. The number of pyridine rings is 2. The number of aromatic nitrogens is 6. The predicted octanol–water partition coefficient (Wildman–Crippen LogP) is 4.93. The second kappa shape index (κ2) is 11.2. The van der Waals surface area contributed by atoms with E-state index in [0.717, 1.165) is 29.0 Å². The summed E-state index contributed by atoms with van der Waals surface area (Å²) in [5.74, 6) is -0.0318. The Bertz CT molecular complexity index is 2120. The SMILES string of the molecule is C=CC(=O)Nc1ccc(F)cc1C(=O)N[C@H]1CCc2cc(-n3c(-c4cccnc4N)nc4ccc(-n5cccn5)nc43)ccc21. The first-order chi connectivity index (χ1) is 21.9. The summed E-state index contributed by atoms with van der Waals surface area (Å²) in [5.41, 5.74) is 11.3. The van der Waals surface area contributed by atoms with Crippen molar-refractivity contribution in [2.24, 2.45) is 0 Å². The van der Waals surface area contributed by atoms with E-state index in [9.17, 15) is 14.0 Å². The molecule has 0 spiro atoms. The van der Waals surface area contributed by atoms with Crippen LogP contribution in [-0.4, -0.2) is 41.1 Å². The number of imidazole rings is 1. The van der Waals surface area contributed by atoms with Gasteiger partial charge in [0.1, 0.15) is 17.2 Å². The minimum Gasteiger partial charge on any atom is -0.383 e. The Labute approximate surface area is 256 Å². The van der Waals surface area contributed by atoms with Crippen molar-refractivity contribution in [1.82, 2.24) is 34.6 Å². The molecular formula is C33H26FN9O2. The molecule has 0 saturated heterocycles. The van der Waals surface area contributed by atoms with E-state index in [2.05, 4.69) is 33.4 Å². The normalized spacial score (nSPS) is 13.8. The van der Waals surface area contributed by atoms with E-state index in [-0.39, 0.29) is 17.3 Å². The van der Waals surface area contributed by atoms with Crippen molar-refractivity contribution in [3.8, 4) is 22.9 Å². The Morgan fingerprint density at radius 2 is 1.93 bits per heavy atom. The lowest BCUT2D eigenvalue weighted by Crippen LogP contribution is -2.28. The molecule has 45 heavy (non-hydrogen) atoms. The molecule has 7 rings (SSSR count). The summed E-state index contributed by atoms with van der Waals surface area (Å²) in [4.78, 5) is 39.3. The number of amides is 2. The summed E-state index contributed by atoms with van der Waals surface area (Å²) in [6.07, 6.45) is 7.56. The Balaban J connectivity index is 1.26. The molecule has 4 N–H and O–H groups in total. The van der Waals surface area contributed by atoms with Crippen molar-refractivity contribution in [3.05, 3.63) is 120 Å². The number of aryl methyl sites for hydroxylation is 1. The van der Waals surface area contributed by atoms with Gasteiger partial charge in [0.2, 0.25) is 5.91 Å². The van der Waals surface area contributed by atoms with E-state index in [1.54, 1.807) is 23.1 Å². The molecular weight excluding hydrogens is 573 g/mol. The van der Waals surface area contributed by atoms with Crippen molar-refractivity contribution >= 4 is 34.5 Å². The van der Waals surface area contributed by atoms with Crippen LogP contribution in [0.4, 0.5) is 15.9 Å². The Hall–Kier alpha value is -6.17. The van der Waals surface area contributed by atoms with Gasteiger partial charge in [0.15, 0.2) is 17.3 Å². The first kappa shape index (κ1) is 27.7. The van der Waals surface area contributed by atoms with Gasteiger partial charge in [0.25, 0.3) is 5.91 Å². The first-order valence-corrected chi connectivity index (χ1v) is 14.2. The molecule has 1 aliphatic rings. The van der Waals surface area contributed by atoms with Crippen LogP contribution in [0.2, 0.25) is 0 Å². The molecule has 4 heterocycles. The maximum absolute atomic E-state index is 14.1. The number of nitrogens with two attached hydrogens (primary N) is 1. The van der Waals surface area contributed by atoms with E-state index in [1.807, 2.05) is 47.2 Å². The predicted molar refractivity (Wildman–Crippen MR) is 167 cm³/mol. The molecule has 0 saturated carbocycles. The number of nitrogens with one attached hydrogen (secondary N) is 2. The number of nitrogen functional groups attached to an aromatic ring is 1. The number of carbonyl (C=O) groups excluding carboxylic acids is 2. The summed E-state index contributed by atoms with van der Waals surface area (Å²) in [7, 11) is 0. The van der Waals surface area contributed by atoms with Crippen LogP contribution in [-0.2, 0) is 11.2 Å². The zero-order valence-electron chi connectivity index (χ0n) is 23.8. The van der Waals surface area contributed by atoms with Crippen LogP contribution in [0.25, 0.3) is 34.1 Å². The fourth-order valence-corrected chi connectivity index (χ4v) is 5.64. The number of carbonyl (C=O) groups is 2. The molecule has 1 aliphatic carbocycles. The van der Waals surface area contributed by atoms with E-state index in [1.165, 1.54) is 12.1 Å². The average molecular weight is 600 g/mol. The van der Waals surface area contributed by atoms with Crippen molar-refractivity contribution in [2.75, 3.05) is 11.1 Å². The maximum atomic E-state index is 14.1. The standard InChI is InChI=1S/C33H26FN9O2/c1-2-29(44)38-26-11-7-20(34)18-24(26)33(45)40-25-10-6-19-17-21(8-9-22(19)25)43-31(23-5-3-14-36-30(23)35)39-27-12-13-28(41-32(27)43)42-16-4-15-37-42/h2-5,7-9,11-18,25H,1,6,10H2,(H2,35,36)(H,38,44)(H,40,45)/t25-/m0/s1. The number of nitrogens with zero attached hydrogens (tertiary/aromatic N) is 6. The highest BCUT2D eigenvalue weighted by molar-refractivity contribution is 6.06. The molecule has 0 bridgehead atoms. The zero-order valence-corrected chi connectivity index (χ0v) is 23.8. The van der Waals surface area contributed by atoms with E-state index < -0.39 is 17.6 Å². The molecule has 0 radical (unpaired) electrons. The molecule has 0 fully saturated rings. The monoisotopic (exact) mass is 599 g/mol. The molecule has 12 heteroatoms. The number of benzene rings is 2. The molecule has 2 amide bonds. The van der Waals surface area contributed by atoms with Crippen LogP contribution >= 0.6 is 0 Å². The van der Waals surface area contributed by atoms with Gasteiger partial charge >= 0.3 is 0 Å². The number of anilines is 2. The van der Waals surface area contributed by atoms with E-state index in [4.69, 9.17) is 15.7 Å². The van der Waals surface area contributed by atoms with Crippen LogP contribution in [0.15, 0.2) is 98.0 Å². The smallest absolute Gasteiger partial charge is 0.253 e. The molecule has 1 atom stereocenters. The number of halogens is 1. The number of hydrogen-bond donors (Lipinski definition) is 3. The van der Waals surface area contributed by atoms with Crippen LogP contribution < -0.4 is 16.4 Å². The Kier molecular flexibility index (Phi) is 6.85. The van der Waals surface area contributed by atoms with Gasteiger partial charge < -0.3 is 16.4 Å². The summed E-state index contributed by atoms with van der Waals surface area (Å²) in [6, 6.07) is 18.5. The van der Waals surface area contributed by atoms with Gasteiger partial charge in [-0.25, -0.2) is 24.0 Å². The highest BCUT2D eigenvalue weighted by Gasteiger charge is 2.27. The lowest BCUT2D eigenvalue weighted by Gasteiger charge is -2.17. The van der Waals surface area contributed by atoms with Crippen molar-refractivity contribution in [2.45, 2.75) is 18.9 Å². The highest BCUT2D eigenvalue weighted by Crippen LogP contribution is 2.36. The van der Waals surface area contributed by atoms with E-state index >= 15 is 0 Å². The molecule has 2 aromatic carbocycles. The molecule has 11 nitrogen and oxygen atoms in total. The maximum Gasteiger partial charge on any atom is 0.253 e. The van der Waals surface area contributed by atoms with Gasteiger partial charge in [-0.3, -0.25) is 14.2 Å². The number of fused-ring (bicyclic) bond motifs is 2. The third-order valence-corrected chi connectivity index (χ3v) is 7.75. The molecule has 0 aliphatic heterocycles. The summed E-state index contributed by atoms with van der Waals surface area (Å²) in [5, 5.41) is 9.90. The van der Waals surface area contributed by atoms with Crippen LogP contribution in [0.5, 0.6) is 0 Å². The topological polar surface area (TPSA) is 146 Å². The molecule has 4 aromatic heterocycles. The second-order valence-corrected chi connectivity index (χ2v) is 10.5. The minimum atomic E-state index is -0.588.